The molecule has 0 aromatic heterocycles. The summed E-state index contributed by atoms with van der Waals surface area (Å²) >= 11 is 0. The molecule has 0 bridgehead atoms. The molecule has 4 nitrogen and oxygen atoms in total. The van der Waals surface area contributed by atoms with Gasteiger partial charge in [0.15, 0.2) is 0 Å². The van der Waals surface area contributed by atoms with E-state index in [4.69, 9.17) is 9.47 Å². The third-order valence-corrected chi connectivity index (χ3v) is 3.64. The third kappa shape index (κ3) is 4.20. The number of benzene rings is 1. The second-order valence-electron chi connectivity index (χ2n) is 4.92. The number of nitrogens with one attached hydrogen (secondary N) is 1. The summed E-state index contributed by atoms with van der Waals surface area (Å²) in [7, 11) is 3.70. The van der Waals surface area contributed by atoms with Gasteiger partial charge in [0.05, 0.1) is 20.3 Å². The van der Waals surface area contributed by atoms with Crippen LogP contribution >= 0.6 is 0 Å². The second kappa shape index (κ2) is 7.48. The Morgan fingerprint density at radius 2 is 2.16 bits per heavy atom. The van der Waals surface area contributed by atoms with Gasteiger partial charge in [-0.1, -0.05) is 12.1 Å². The molecule has 1 aliphatic rings. The van der Waals surface area contributed by atoms with Crippen molar-refractivity contribution in [3.8, 4) is 5.75 Å². The quantitative estimate of drug-likeness (QED) is 0.836. The lowest BCUT2D eigenvalue weighted by Crippen LogP contribution is -2.50. The Morgan fingerprint density at radius 1 is 1.37 bits per heavy atom. The van der Waals surface area contributed by atoms with Crippen LogP contribution in [0.2, 0.25) is 0 Å². The molecule has 1 aliphatic heterocycles. The predicted molar refractivity (Wildman–Crippen MR) is 76.8 cm³/mol. The van der Waals surface area contributed by atoms with Crippen molar-refractivity contribution in [2.75, 3.05) is 47.0 Å². The molecule has 1 unspecified atom stereocenters. The second-order valence-corrected chi connectivity index (χ2v) is 4.92. The third-order valence-electron chi connectivity index (χ3n) is 3.64. The first-order chi connectivity index (χ1) is 9.33. The van der Waals surface area contributed by atoms with Gasteiger partial charge in [-0.2, -0.15) is 0 Å². The van der Waals surface area contributed by atoms with Crippen LogP contribution in [0.5, 0.6) is 5.75 Å². The van der Waals surface area contributed by atoms with Gasteiger partial charge in [-0.3, -0.25) is 4.90 Å². The Bertz CT molecular complexity index is 365. The van der Waals surface area contributed by atoms with E-state index in [2.05, 4.69) is 22.3 Å². The predicted octanol–water partition coefficient (Wildman–Crippen LogP) is 1.16. The maximum atomic E-state index is 5.55. The summed E-state index contributed by atoms with van der Waals surface area (Å²) in [5, 5.41) is 3.24. The maximum absolute atomic E-state index is 5.55. The number of methoxy groups -OCH3 is 1. The van der Waals surface area contributed by atoms with Crippen molar-refractivity contribution in [3.05, 3.63) is 29.8 Å². The number of hydrogen-bond acceptors (Lipinski definition) is 4. The highest BCUT2D eigenvalue weighted by Crippen LogP contribution is 2.13. The number of rotatable bonds is 6. The summed E-state index contributed by atoms with van der Waals surface area (Å²) in [5.41, 5.74) is 1.36. The van der Waals surface area contributed by atoms with Gasteiger partial charge in [-0.05, 0) is 31.2 Å². The molecule has 106 valence electrons. The van der Waals surface area contributed by atoms with Crippen molar-refractivity contribution in [3.63, 3.8) is 0 Å². The summed E-state index contributed by atoms with van der Waals surface area (Å²) in [5.74, 6) is 0.920. The molecule has 0 spiro atoms. The van der Waals surface area contributed by atoms with Gasteiger partial charge in [-0.25, -0.2) is 0 Å². The van der Waals surface area contributed by atoms with Crippen LogP contribution in [-0.2, 0) is 11.2 Å². The fraction of sp³-hybridized carbons (Fsp3) is 0.600. The largest absolute Gasteiger partial charge is 0.497 e. The van der Waals surface area contributed by atoms with Gasteiger partial charge in [0.2, 0.25) is 0 Å². The number of hydrogen-bond donors (Lipinski definition) is 1. The van der Waals surface area contributed by atoms with E-state index in [-0.39, 0.29) is 0 Å². The lowest BCUT2D eigenvalue weighted by molar-refractivity contribution is -0.00556. The molecule has 1 aromatic carbocycles. The molecule has 1 atom stereocenters. The zero-order valence-corrected chi connectivity index (χ0v) is 11.9. The summed E-state index contributed by atoms with van der Waals surface area (Å²) in [4.78, 5) is 2.52. The molecule has 0 radical (unpaired) electrons. The molecular weight excluding hydrogens is 240 g/mol. The topological polar surface area (TPSA) is 33.7 Å². The fourth-order valence-corrected chi connectivity index (χ4v) is 2.47. The minimum Gasteiger partial charge on any atom is -0.497 e. The number of ether oxygens (including phenoxy) is 2. The summed E-state index contributed by atoms with van der Waals surface area (Å²) in [6, 6.07) is 8.84. The van der Waals surface area contributed by atoms with Crippen LogP contribution in [0.1, 0.15) is 5.56 Å². The van der Waals surface area contributed by atoms with Crippen molar-refractivity contribution in [1.82, 2.24) is 10.2 Å². The highest BCUT2D eigenvalue weighted by Gasteiger charge is 2.21. The van der Waals surface area contributed by atoms with Crippen molar-refractivity contribution < 1.29 is 9.47 Å². The monoisotopic (exact) mass is 264 g/mol. The van der Waals surface area contributed by atoms with Crippen LogP contribution in [0.25, 0.3) is 0 Å². The van der Waals surface area contributed by atoms with E-state index in [1.165, 1.54) is 5.56 Å². The van der Waals surface area contributed by atoms with Crippen molar-refractivity contribution in [1.29, 1.82) is 0 Å². The number of morpholine rings is 1. The molecule has 1 heterocycles. The van der Waals surface area contributed by atoms with Crippen LogP contribution in [0.4, 0.5) is 0 Å². The summed E-state index contributed by atoms with van der Waals surface area (Å²) in [6.07, 6.45) is 1.07. The fourth-order valence-electron chi connectivity index (χ4n) is 2.47. The molecule has 0 amide bonds. The molecule has 19 heavy (non-hydrogen) atoms. The average molecular weight is 264 g/mol. The van der Waals surface area contributed by atoms with Crippen molar-refractivity contribution in [2.24, 2.45) is 0 Å². The van der Waals surface area contributed by atoms with Crippen LogP contribution in [0, 0.1) is 0 Å². The Hall–Kier alpha value is -1.10. The van der Waals surface area contributed by atoms with E-state index in [9.17, 15) is 0 Å². The molecular formula is C15H24N2O2. The van der Waals surface area contributed by atoms with E-state index >= 15 is 0 Å². The highest BCUT2D eigenvalue weighted by atomic mass is 16.5. The van der Waals surface area contributed by atoms with Gasteiger partial charge >= 0.3 is 0 Å². The van der Waals surface area contributed by atoms with Crippen molar-refractivity contribution in [2.45, 2.75) is 12.5 Å². The average Bonchev–Trinajstić information content (AvgIpc) is 2.47. The van der Waals surface area contributed by atoms with E-state index in [1.807, 2.05) is 19.2 Å². The smallest absolute Gasteiger partial charge is 0.118 e. The first-order valence-corrected chi connectivity index (χ1v) is 6.93. The molecule has 0 aliphatic carbocycles. The van der Waals surface area contributed by atoms with Crippen LogP contribution in [-0.4, -0.2) is 57.9 Å². The van der Waals surface area contributed by atoms with Gasteiger partial charge in [-0.15, -0.1) is 0 Å². The molecule has 0 saturated carbocycles. The molecule has 1 aromatic rings. The lowest BCUT2D eigenvalue weighted by Gasteiger charge is -2.35. The lowest BCUT2D eigenvalue weighted by atomic mass is 10.1. The zero-order valence-electron chi connectivity index (χ0n) is 11.9. The van der Waals surface area contributed by atoms with Gasteiger partial charge in [0.25, 0.3) is 0 Å². The molecule has 4 heteroatoms. The standard InChI is InChI=1S/C15H24N2O2/c1-16-11-14-12-19-10-9-17(14)8-7-13-3-5-15(18-2)6-4-13/h3-6,14,16H,7-12H2,1-2H3. The number of nitrogens with zero attached hydrogens (tertiary/aromatic N) is 1. The molecule has 1 fully saturated rings. The van der Waals surface area contributed by atoms with E-state index in [1.54, 1.807) is 7.11 Å². The minimum absolute atomic E-state index is 0.497. The van der Waals surface area contributed by atoms with Crippen LogP contribution in [0.3, 0.4) is 0 Å². The highest BCUT2D eigenvalue weighted by molar-refractivity contribution is 5.27. The Kier molecular flexibility index (Phi) is 5.63. The van der Waals surface area contributed by atoms with E-state index < -0.39 is 0 Å². The summed E-state index contributed by atoms with van der Waals surface area (Å²) in [6.45, 7) is 4.79. The normalized spacial score (nSPS) is 20.4. The minimum atomic E-state index is 0.497. The Morgan fingerprint density at radius 3 is 2.84 bits per heavy atom. The Balaban J connectivity index is 1.85. The van der Waals surface area contributed by atoms with Gasteiger partial charge < -0.3 is 14.8 Å². The maximum Gasteiger partial charge on any atom is 0.118 e. The Labute approximate surface area is 115 Å². The first kappa shape index (κ1) is 14.3. The first-order valence-electron chi connectivity index (χ1n) is 6.93. The molecule has 1 N–H and O–H groups in total. The zero-order chi connectivity index (χ0) is 13.5. The van der Waals surface area contributed by atoms with Crippen LogP contribution < -0.4 is 10.1 Å². The van der Waals surface area contributed by atoms with E-state index in [0.29, 0.717) is 6.04 Å². The summed E-state index contributed by atoms with van der Waals surface area (Å²) < 4.78 is 10.7. The molecule has 1 saturated heterocycles. The molecule has 2 rings (SSSR count). The SMILES string of the molecule is CNCC1COCCN1CCc1ccc(OC)cc1. The van der Waals surface area contributed by atoms with Crippen LogP contribution in [0.15, 0.2) is 24.3 Å². The van der Waals surface area contributed by atoms with Gasteiger partial charge in [0, 0.05) is 25.7 Å². The van der Waals surface area contributed by atoms with Gasteiger partial charge in [0.1, 0.15) is 5.75 Å². The number of likely N-dealkylation sites (N-methyl/N-ethyl adjacent to an activating group) is 1. The van der Waals surface area contributed by atoms with E-state index in [0.717, 1.165) is 45.0 Å². The van der Waals surface area contributed by atoms with Crippen molar-refractivity contribution >= 4 is 0 Å².